The summed E-state index contributed by atoms with van der Waals surface area (Å²) in [6.45, 7) is 14.7. The fourth-order valence-corrected chi connectivity index (χ4v) is 3.41. The second-order valence-corrected chi connectivity index (χ2v) is 8.46. The van der Waals surface area contributed by atoms with Crippen LogP contribution in [0.25, 0.3) is 0 Å². The number of nitrogens with one attached hydrogen (secondary N) is 1. The molecular formula is C24H34N2O2. The summed E-state index contributed by atoms with van der Waals surface area (Å²) < 4.78 is 5.62. The number of aryl methyl sites for hydroxylation is 2. The zero-order chi connectivity index (χ0) is 21.1. The molecule has 0 heterocycles. The summed E-state index contributed by atoms with van der Waals surface area (Å²) in [5.74, 6) is -0.309. The Kier molecular flexibility index (Phi) is 6.76. The van der Waals surface area contributed by atoms with E-state index >= 15 is 0 Å². The summed E-state index contributed by atoms with van der Waals surface area (Å²) in [6.07, 6.45) is 0.278. The highest BCUT2D eigenvalue weighted by Gasteiger charge is 2.25. The molecule has 0 bridgehead atoms. The highest BCUT2D eigenvalue weighted by atomic mass is 16.6. The van der Waals surface area contributed by atoms with Crippen molar-refractivity contribution in [2.45, 2.75) is 66.4 Å². The van der Waals surface area contributed by atoms with Crippen LogP contribution in [-0.2, 0) is 9.53 Å². The van der Waals surface area contributed by atoms with Gasteiger partial charge in [-0.25, -0.2) is 0 Å². The molecule has 0 saturated carbocycles. The lowest BCUT2D eigenvalue weighted by atomic mass is 9.84. The van der Waals surface area contributed by atoms with Gasteiger partial charge in [0.2, 0.25) is 0 Å². The molecule has 2 aromatic rings. The Morgan fingerprint density at radius 1 is 1.11 bits per heavy atom. The summed E-state index contributed by atoms with van der Waals surface area (Å²) in [4.78, 5) is 12.7. The first-order valence-corrected chi connectivity index (χ1v) is 9.95. The van der Waals surface area contributed by atoms with Crippen molar-refractivity contribution in [1.29, 1.82) is 0 Å². The van der Waals surface area contributed by atoms with Crippen LogP contribution in [0.15, 0.2) is 30.3 Å². The number of esters is 1. The van der Waals surface area contributed by atoms with Crippen LogP contribution in [0.1, 0.15) is 67.9 Å². The van der Waals surface area contributed by atoms with Crippen LogP contribution in [0, 0.1) is 20.8 Å². The Morgan fingerprint density at radius 3 is 2.36 bits per heavy atom. The third-order valence-electron chi connectivity index (χ3n) is 5.02. The minimum Gasteiger partial charge on any atom is -0.460 e. The first kappa shape index (κ1) is 21.8. The van der Waals surface area contributed by atoms with Crippen LogP contribution in [0.5, 0.6) is 0 Å². The van der Waals surface area contributed by atoms with Gasteiger partial charge in [0, 0.05) is 12.5 Å². The number of hydrogen-bond donors (Lipinski definition) is 2. The van der Waals surface area contributed by atoms with Gasteiger partial charge in [0.1, 0.15) is 5.60 Å². The van der Waals surface area contributed by atoms with E-state index in [1.165, 1.54) is 11.1 Å². The van der Waals surface area contributed by atoms with Gasteiger partial charge >= 0.3 is 5.97 Å². The molecule has 0 aromatic heterocycles. The van der Waals surface area contributed by atoms with E-state index in [9.17, 15) is 4.79 Å². The Hall–Kier alpha value is -2.49. The number of carbonyl (C=O) groups is 1. The van der Waals surface area contributed by atoms with Crippen LogP contribution in [0.2, 0.25) is 0 Å². The lowest BCUT2D eigenvalue weighted by molar-refractivity contribution is -0.155. The molecule has 1 unspecified atom stereocenters. The third kappa shape index (κ3) is 5.28. The van der Waals surface area contributed by atoms with Gasteiger partial charge < -0.3 is 15.8 Å². The fourth-order valence-electron chi connectivity index (χ4n) is 3.41. The maximum absolute atomic E-state index is 12.7. The van der Waals surface area contributed by atoms with Gasteiger partial charge in [-0.15, -0.1) is 0 Å². The molecule has 1 atom stereocenters. The number of benzene rings is 2. The van der Waals surface area contributed by atoms with E-state index in [2.05, 4.69) is 43.4 Å². The number of nitrogen functional groups attached to an aromatic ring is 1. The van der Waals surface area contributed by atoms with Crippen molar-refractivity contribution in [3.05, 3.63) is 58.1 Å². The van der Waals surface area contributed by atoms with Crippen LogP contribution in [0.3, 0.4) is 0 Å². The zero-order valence-corrected chi connectivity index (χ0v) is 18.3. The van der Waals surface area contributed by atoms with Crippen molar-refractivity contribution >= 4 is 17.3 Å². The number of rotatable bonds is 6. The SMILES string of the molecule is CCNc1ccc(C(CC(=O)OC(C)(C)C)c2ccc(C)c(C)c2)c(C)c1N. The van der Waals surface area contributed by atoms with E-state index in [4.69, 9.17) is 10.5 Å². The molecule has 0 aliphatic rings. The summed E-state index contributed by atoms with van der Waals surface area (Å²) in [6, 6.07) is 10.5. The molecule has 3 N–H and O–H groups in total. The minimum atomic E-state index is -0.506. The van der Waals surface area contributed by atoms with Crippen molar-refractivity contribution in [3.63, 3.8) is 0 Å². The van der Waals surface area contributed by atoms with Crippen molar-refractivity contribution in [2.24, 2.45) is 0 Å². The van der Waals surface area contributed by atoms with Crippen molar-refractivity contribution in [1.82, 2.24) is 0 Å². The highest BCUT2D eigenvalue weighted by Crippen LogP contribution is 2.36. The molecule has 2 aromatic carbocycles. The Balaban J connectivity index is 2.50. The first-order chi connectivity index (χ1) is 13.0. The topological polar surface area (TPSA) is 64.3 Å². The van der Waals surface area contributed by atoms with E-state index in [1.54, 1.807) is 0 Å². The van der Waals surface area contributed by atoms with Crippen LogP contribution < -0.4 is 11.1 Å². The molecular weight excluding hydrogens is 348 g/mol. The Morgan fingerprint density at radius 2 is 1.79 bits per heavy atom. The quantitative estimate of drug-likeness (QED) is 0.512. The van der Waals surface area contributed by atoms with Gasteiger partial charge in [0.25, 0.3) is 0 Å². The van der Waals surface area contributed by atoms with Gasteiger partial charge in [-0.2, -0.15) is 0 Å². The molecule has 0 amide bonds. The maximum Gasteiger partial charge on any atom is 0.307 e. The third-order valence-corrected chi connectivity index (χ3v) is 5.02. The largest absolute Gasteiger partial charge is 0.460 e. The summed E-state index contributed by atoms with van der Waals surface area (Å²) in [5, 5.41) is 3.29. The van der Waals surface area contributed by atoms with Crippen molar-refractivity contribution in [3.8, 4) is 0 Å². The second-order valence-electron chi connectivity index (χ2n) is 8.46. The summed E-state index contributed by atoms with van der Waals surface area (Å²) in [5.41, 5.74) is 13.2. The van der Waals surface area contributed by atoms with Gasteiger partial charge in [-0.1, -0.05) is 24.3 Å². The van der Waals surface area contributed by atoms with Crippen LogP contribution in [0.4, 0.5) is 11.4 Å². The average molecular weight is 383 g/mol. The van der Waals surface area contributed by atoms with Gasteiger partial charge in [0.05, 0.1) is 17.8 Å². The standard InChI is InChI=1S/C24H34N2O2/c1-8-26-21-12-11-19(17(4)23(21)25)20(14-22(27)28-24(5,6)7)18-10-9-15(2)16(3)13-18/h9-13,20,26H,8,14,25H2,1-7H3. The lowest BCUT2D eigenvalue weighted by Gasteiger charge is -2.25. The van der Waals surface area contributed by atoms with Crippen molar-refractivity contribution in [2.75, 3.05) is 17.6 Å². The Labute approximate surface area is 169 Å². The predicted molar refractivity (Wildman–Crippen MR) is 118 cm³/mol. The fraction of sp³-hybridized carbons (Fsp3) is 0.458. The van der Waals surface area contributed by atoms with Gasteiger partial charge in [0.15, 0.2) is 0 Å². The number of anilines is 2. The number of ether oxygens (including phenoxy) is 1. The van der Waals surface area contributed by atoms with Crippen molar-refractivity contribution < 1.29 is 9.53 Å². The van der Waals surface area contributed by atoms with Crippen LogP contribution in [-0.4, -0.2) is 18.1 Å². The van der Waals surface area contributed by atoms with E-state index < -0.39 is 5.60 Å². The van der Waals surface area contributed by atoms with E-state index in [0.29, 0.717) is 0 Å². The maximum atomic E-state index is 12.7. The molecule has 2 rings (SSSR count). The Bertz CT molecular complexity index is 850. The highest BCUT2D eigenvalue weighted by molar-refractivity contribution is 5.75. The normalized spacial score (nSPS) is 12.5. The molecule has 28 heavy (non-hydrogen) atoms. The number of carbonyl (C=O) groups excluding carboxylic acids is 1. The lowest BCUT2D eigenvalue weighted by Crippen LogP contribution is -2.25. The molecule has 0 aliphatic heterocycles. The zero-order valence-electron chi connectivity index (χ0n) is 18.3. The predicted octanol–water partition coefficient (Wildman–Crippen LogP) is 5.49. The van der Waals surface area contributed by atoms with Gasteiger partial charge in [-0.05, 0) is 82.3 Å². The first-order valence-electron chi connectivity index (χ1n) is 9.95. The molecule has 4 heteroatoms. The molecule has 0 saturated heterocycles. The molecule has 0 radical (unpaired) electrons. The van der Waals surface area contributed by atoms with Crippen LogP contribution >= 0.6 is 0 Å². The van der Waals surface area contributed by atoms with E-state index in [1.807, 2.05) is 40.7 Å². The van der Waals surface area contributed by atoms with Gasteiger partial charge in [-0.3, -0.25) is 4.79 Å². The summed E-state index contributed by atoms with van der Waals surface area (Å²) >= 11 is 0. The smallest absolute Gasteiger partial charge is 0.307 e. The number of nitrogens with two attached hydrogens (primary N) is 1. The minimum absolute atomic E-state index is 0.105. The molecule has 0 aliphatic carbocycles. The molecule has 152 valence electrons. The van der Waals surface area contributed by atoms with E-state index in [0.717, 1.165) is 34.6 Å². The molecule has 4 nitrogen and oxygen atoms in total. The van der Waals surface area contributed by atoms with E-state index in [-0.39, 0.29) is 18.3 Å². The molecule has 0 fully saturated rings. The average Bonchev–Trinajstić information content (AvgIpc) is 2.59. The summed E-state index contributed by atoms with van der Waals surface area (Å²) in [7, 11) is 0. The second kappa shape index (κ2) is 8.68. The monoisotopic (exact) mass is 382 g/mol. The molecule has 0 spiro atoms. The number of hydrogen-bond acceptors (Lipinski definition) is 4.